The van der Waals surface area contributed by atoms with E-state index in [2.05, 4.69) is 22.0 Å². The molecule has 1 unspecified atom stereocenters. The summed E-state index contributed by atoms with van der Waals surface area (Å²) in [5, 5.41) is 0. The molecule has 104 valence electrons. The number of halogens is 1. The molecule has 1 heterocycles. The molecule has 19 heavy (non-hydrogen) atoms. The van der Waals surface area contributed by atoms with Gasteiger partial charge in [0.05, 0.1) is 12.7 Å². The van der Waals surface area contributed by atoms with E-state index in [-0.39, 0.29) is 5.97 Å². The molecular weight excluding hydrogens is 308 g/mol. The van der Waals surface area contributed by atoms with Gasteiger partial charge >= 0.3 is 5.97 Å². The van der Waals surface area contributed by atoms with Crippen molar-refractivity contribution in [2.75, 3.05) is 6.61 Å². The Morgan fingerprint density at radius 3 is 3.11 bits per heavy atom. The molecule has 0 aliphatic carbocycles. The standard InChI is InChI=1S/C15H19BrO3/c1-11(17)18-9-3-2-4-14-7-5-12-10-13(16)6-8-15(12)19-14/h6,8,10,14H,2-5,7,9H2,1H3. The number of benzene rings is 1. The third kappa shape index (κ3) is 4.53. The van der Waals surface area contributed by atoms with Crippen LogP contribution in [0.2, 0.25) is 0 Å². The second kappa shape index (κ2) is 6.94. The van der Waals surface area contributed by atoms with Crippen LogP contribution in [0.5, 0.6) is 5.75 Å². The van der Waals surface area contributed by atoms with E-state index in [1.165, 1.54) is 12.5 Å². The van der Waals surface area contributed by atoms with Gasteiger partial charge in [-0.3, -0.25) is 4.79 Å². The minimum absolute atomic E-state index is 0.201. The monoisotopic (exact) mass is 326 g/mol. The highest BCUT2D eigenvalue weighted by atomic mass is 79.9. The molecule has 1 atom stereocenters. The van der Waals surface area contributed by atoms with Crippen molar-refractivity contribution in [3.05, 3.63) is 28.2 Å². The molecule has 0 spiro atoms. The van der Waals surface area contributed by atoms with Gasteiger partial charge in [-0.25, -0.2) is 0 Å². The van der Waals surface area contributed by atoms with Crippen LogP contribution in [-0.4, -0.2) is 18.7 Å². The van der Waals surface area contributed by atoms with Gasteiger partial charge in [-0.05, 0) is 55.9 Å². The third-order valence-corrected chi connectivity index (χ3v) is 3.77. The number of carbonyl (C=O) groups is 1. The molecule has 0 aromatic heterocycles. The molecular formula is C15H19BrO3. The average molecular weight is 327 g/mol. The van der Waals surface area contributed by atoms with Gasteiger partial charge in [-0.1, -0.05) is 15.9 Å². The van der Waals surface area contributed by atoms with E-state index < -0.39 is 0 Å². The van der Waals surface area contributed by atoms with Crippen LogP contribution >= 0.6 is 15.9 Å². The summed E-state index contributed by atoms with van der Waals surface area (Å²) in [6.07, 6.45) is 5.40. The lowest BCUT2D eigenvalue weighted by Gasteiger charge is -2.26. The average Bonchev–Trinajstić information content (AvgIpc) is 2.38. The normalized spacial score (nSPS) is 17.5. The fraction of sp³-hybridized carbons (Fsp3) is 0.533. The first-order chi connectivity index (χ1) is 9.15. The predicted octanol–water partition coefficient (Wildman–Crippen LogP) is 3.88. The van der Waals surface area contributed by atoms with E-state index >= 15 is 0 Å². The van der Waals surface area contributed by atoms with Crippen molar-refractivity contribution in [2.45, 2.75) is 45.1 Å². The number of hydrogen-bond acceptors (Lipinski definition) is 3. The molecule has 0 bridgehead atoms. The van der Waals surface area contributed by atoms with Gasteiger partial charge < -0.3 is 9.47 Å². The molecule has 1 aromatic carbocycles. The molecule has 1 aliphatic rings. The lowest BCUT2D eigenvalue weighted by atomic mass is 9.99. The third-order valence-electron chi connectivity index (χ3n) is 3.28. The van der Waals surface area contributed by atoms with Crippen molar-refractivity contribution in [3.63, 3.8) is 0 Å². The highest BCUT2D eigenvalue weighted by Crippen LogP contribution is 2.31. The Morgan fingerprint density at radius 2 is 2.32 bits per heavy atom. The van der Waals surface area contributed by atoms with Crippen molar-refractivity contribution in [1.82, 2.24) is 0 Å². The van der Waals surface area contributed by atoms with Crippen LogP contribution in [0.25, 0.3) is 0 Å². The van der Waals surface area contributed by atoms with Crippen molar-refractivity contribution >= 4 is 21.9 Å². The maximum Gasteiger partial charge on any atom is 0.302 e. The maximum atomic E-state index is 10.6. The number of unbranched alkanes of at least 4 members (excludes halogenated alkanes) is 1. The fourth-order valence-electron chi connectivity index (χ4n) is 2.31. The summed E-state index contributed by atoms with van der Waals surface area (Å²) in [5.41, 5.74) is 1.28. The molecule has 0 fully saturated rings. The topological polar surface area (TPSA) is 35.5 Å². The van der Waals surface area contributed by atoms with E-state index in [1.54, 1.807) is 0 Å². The maximum absolute atomic E-state index is 10.6. The van der Waals surface area contributed by atoms with Gasteiger partial charge in [0, 0.05) is 11.4 Å². The Balaban J connectivity index is 1.73. The minimum Gasteiger partial charge on any atom is -0.490 e. The molecule has 1 aliphatic heterocycles. The van der Waals surface area contributed by atoms with Gasteiger partial charge in [0.15, 0.2) is 0 Å². The SMILES string of the molecule is CC(=O)OCCCCC1CCc2cc(Br)ccc2O1. The molecule has 4 heteroatoms. The molecule has 3 nitrogen and oxygen atoms in total. The number of fused-ring (bicyclic) bond motifs is 1. The van der Waals surface area contributed by atoms with Gasteiger partial charge in [0.2, 0.25) is 0 Å². The summed E-state index contributed by atoms with van der Waals surface area (Å²) < 4.78 is 12.0. The van der Waals surface area contributed by atoms with Gasteiger partial charge in [-0.15, -0.1) is 0 Å². The van der Waals surface area contributed by atoms with E-state index in [0.29, 0.717) is 12.7 Å². The zero-order chi connectivity index (χ0) is 13.7. The molecule has 1 aromatic rings. The van der Waals surface area contributed by atoms with Crippen LogP contribution in [0.4, 0.5) is 0 Å². The molecule has 0 radical (unpaired) electrons. The molecule has 0 amide bonds. The minimum atomic E-state index is -0.201. The quantitative estimate of drug-likeness (QED) is 0.608. The number of hydrogen-bond donors (Lipinski definition) is 0. The summed E-state index contributed by atoms with van der Waals surface area (Å²) in [6, 6.07) is 6.18. The zero-order valence-electron chi connectivity index (χ0n) is 11.2. The smallest absolute Gasteiger partial charge is 0.302 e. The Hall–Kier alpha value is -1.03. The Kier molecular flexibility index (Phi) is 5.25. The first-order valence-corrected chi connectivity index (χ1v) is 7.53. The summed E-state index contributed by atoms with van der Waals surface area (Å²) in [5.74, 6) is 0.813. The second-order valence-corrected chi connectivity index (χ2v) is 5.78. The van der Waals surface area contributed by atoms with Crippen molar-refractivity contribution < 1.29 is 14.3 Å². The van der Waals surface area contributed by atoms with E-state index in [1.807, 2.05) is 12.1 Å². The second-order valence-electron chi connectivity index (χ2n) is 4.87. The number of rotatable bonds is 5. The molecule has 0 saturated carbocycles. The van der Waals surface area contributed by atoms with Gasteiger partial charge in [-0.2, -0.15) is 0 Å². The van der Waals surface area contributed by atoms with Crippen LogP contribution in [0.15, 0.2) is 22.7 Å². The van der Waals surface area contributed by atoms with Crippen LogP contribution in [-0.2, 0) is 16.0 Å². The summed E-state index contributed by atoms with van der Waals surface area (Å²) in [4.78, 5) is 10.6. The first-order valence-electron chi connectivity index (χ1n) is 6.73. The Labute approximate surface area is 122 Å². The lowest BCUT2D eigenvalue weighted by Crippen LogP contribution is -2.22. The largest absolute Gasteiger partial charge is 0.490 e. The van der Waals surface area contributed by atoms with E-state index in [9.17, 15) is 4.79 Å². The van der Waals surface area contributed by atoms with Crippen molar-refractivity contribution in [1.29, 1.82) is 0 Å². The molecule has 2 rings (SSSR count). The molecule has 0 N–H and O–H groups in total. The van der Waals surface area contributed by atoms with Crippen LogP contribution in [0.3, 0.4) is 0 Å². The fourth-order valence-corrected chi connectivity index (χ4v) is 2.72. The predicted molar refractivity (Wildman–Crippen MR) is 77.4 cm³/mol. The highest BCUT2D eigenvalue weighted by molar-refractivity contribution is 9.10. The number of carbonyl (C=O) groups excluding carboxylic acids is 1. The molecule has 0 saturated heterocycles. The number of esters is 1. The van der Waals surface area contributed by atoms with Crippen LogP contribution in [0.1, 0.15) is 38.2 Å². The van der Waals surface area contributed by atoms with E-state index in [0.717, 1.165) is 42.3 Å². The van der Waals surface area contributed by atoms with E-state index in [4.69, 9.17) is 9.47 Å². The zero-order valence-corrected chi connectivity index (χ0v) is 12.7. The van der Waals surface area contributed by atoms with Gasteiger partial charge in [0.25, 0.3) is 0 Å². The number of aryl methyl sites for hydroxylation is 1. The van der Waals surface area contributed by atoms with Crippen molar-refractivity contribution in [2.24, 2.45) is 0 Å². The van der Waals surface area contributed by atoms with Crippen molar-refractivity contribution in [3.8, 4) is 5.75 Å². The Bertz CT molecular complexity index is 445. The number of ether oxygens (including phenoxy) is 2. The Morgan fingerprint density at radius 1 is 1.47 bits per heavy atom. The highest BCUT2D eigenvalue weighted by Gasteiger charge is 2.19. The summed E-state index contributed by atoms with van der Waals surface area (Å²) >= 11 is 3.48. The van der Waals surface area contributed by atoms with Gasteiger partial charge in [0.1, 0.15) is 5.75 Å². The summed E-state index contributed by atoms with van der Waals surface area (Å²) in [6.45, 7) is 1.96. The lowest BCUT2D eigenvalue weighted by molar-refractivity contribution is -0.141. The van der Waals surface area contributed by atoms with Crippen LogP contribution in [0, 0.1) is 0 Å². The van der Waals surface area contributed by atoms with Crippen LogP contribution < -0.4 is 4.74 Å². The summed E-state index contributed by atoms with van der Waals surface area (Å²) in [7, 11) is 0. The first kappa shape index (κ1) is 14.4.